The monoisotopic (exact) mass is 402 g/mol. The van der Waals surface area contributed by atoms with Crippen LogP contribution in [0.3, 0.4) is 0 Å². The van der Waals surface area contributed by atoms with E-state index in [0.29, 0.717) is 18.3 Å². The summed E-state index contributed by atoms with van der Waals surface area (Å²) < 4.78 is 6.56. The fourth-order valence-electron chi connectivity index (χ4n) is 3.11. The molecule has 132 valence electrons. The zero-order valence-corrected chi connectivity index (χ0v) is 16.0. The van der Waals surface area contributed by atoms with Gasteiger partial charge in [0, 0.05) is 36.7 Å². The lowest BCUT2D eigenvalue weighted by atomic mass is 10.1. The van der Waals surface area contributed by atoms with Gasteiger partial charge in [-0.1, -0.05) is 46.3 Å². The van der Waals surface area contributed by atoms with E-state index < -0.39 is 0 Å². The highest BCUT2D eigenvalue weighted by Crippen LogP contribution is 2.23. The number of para-hydroxylation sites is 1. The third-order valence-corrected chi connectivity index (χ3v) is 5.17. The second kappa shape index (κ2) is 8.50. The highest BCUT2D eigenvalue weighted by atomic mass is 79.9. The Kier molecular flexibility index (Phi) is 6.10. The maximum atomic E-state index is 12.4. The molecule has 1 heterocycles. The minimum Gasteiger partial charge on any atom is -0.410 e. The van der Waals surface area contributed by atoms with E-state index in [1.54, 1.807) is 17.0 Å². The Balaban J connectivity index is 1.58. The van der Waals surface area contributed by atoms with E-state index in [9.17, 15) is 4.79 Å². The van der Waals surface area contributed by atoms with Gasteiger partial charge in [0.05, 0.1) is 0 Å². The number of hydrogen-bond donors (Lipinski definition) is 0. The first-order valence-corrected chi connectivity index (χ1v) is 9.44. The molecule has 0 saturated carbocycles. The van der Waals surface area contributed by atoms with Crippen molar-refractivity contribution < 1.29 is 9.53 Å². The summed E-state index contributed by atoms with van der Waals surface area (Å²) in [5, 5.41) is 0. The fourth-order valence-corrected chi connectivity index (χ4v) is 3.38. The summed E-state index contributed by atoms with van der Waals surface area (Å²) in [7, 11) is 0. The molecule has 1 amide bonds. The van der Waals surface area contributed by atoms with Crippen LogP contribution in [0.1, 0.15) is 24.9 Å². The van der Waals surface area contributed by atoms with Crippen LogP contribution in [0.4, 0.5) is 4.79 Å². The Bertz CT molecular complexity index is 691. The molecule has 1 atom stereocenters. The van der Waals surface area contributed by atoms with Gasteiger partial charge in [-0.3, -0.25) is 4.90 Å². The Hall–Kier alpha value is -1.85. The van der Waals surface area contributed by atoms with E-state index in [0.717, 1.165) is 30.5 Å². The van der Waals surface area contributed by atoms with Crippen molar-refractivity contribution >= 4 is 22.0 Å². The molecule has 0 spiro atoms. The van der Waals surface area contributed by atoms with Crippen molar-refractivity contribution in [2.45, 2.75) is 19.4 Å². The normalized spacial score (nSPS) is 17.0. The van der Waals surface area contributed by atoms with E-state index in [4.69, 9.17) is 4.74 Å². The molecule has 1 saturated heterocycles. The second-order valence-corrected chi connectivity index (χ2v) is 7.20. The highest BCUT2D eigenvalue weighted by Gasteiger charge is 2.23. The number of carbonyl (C=O) groups excluding carboxylic acids is 1. The maximum Gasteiger partial charge on any atom is 0.415 e. The summed E-state index contributed by atoms with van der Waals surface area (Å²) in [6.07, 6.45) is 0.689. The summed E-state index contributed by atoms with van der Waals surface area (Å²) in [5.74, 6) is 0.594. The zero-order chi connectivity index (χ0) is 17.6. The molecule has 2 aromatic rings. The lowest BCUT2D eigenvalue weighted by molar-refractivity contribution is 0.151. The van der Waals surface area contributed by atoms with Gasteiger partial charge in [-0.25, -0.2) is 4.79 Å². The van der Waals surface area contributed by atoms with Crippen molar-refractivity contribution in [2.24, 2.45) is 0 Å². The van der Waals surface area contributed by atoms with Crippen LogP contribution in [0.5, 0.6) is 5.75 Å². The van der Waals surface area contributed by atoms with Crippen LogP contribution in [0.15, 0.2) is 59.1 Å². The summed E-state index contributed by atoms with van der Waals surface area (Å²) in [6.45, 7) is 5.47. The van der Waals surface area contributed by atoms with Gasteiger partial charge >= 0.3 is 6.09 Å². The summed E-state index contributed by atoms with van der Waals surface area (Å²) >= 11 is 3.48. The largest absolute Gasteiger partial charge is 0.415 e. The molecule has 2 aromatic carbocycles. The Morgan fingerprint density at radius 2 is 1.72 bits per heavy atom. The summed E-state index contributed by atoms with van der Waals surface area (Å²) in [6, 6.07) is 18.0. The number of rotatable bonds is 3. The molecule has 0 N–H and O–H groups in total. The van der Waals surface area contributed by atoms with Crippen LogP contribution in [0.25, 0.3) is 0 Å². The first kappa shape index (κ1) is 18.0. The van der Waals surface area contributed by atoms with Crippen LogP contribution in [0, 0.1) is 0 Å². The maximum absolute atomic E-state index is 12.4. The molecule has 0 bridgehead atoms. The van der Waals surface area contributed by atoms with Gasteiger partial charge in [-0.05, 0) is 43.2 Å². The Labute approximate surface area is 157 Å². The number of benzene rings is 2. The summed E-state index contributed by atoms with van der Waals surface area (Å²) in [5.41, 5.74) is 1.29. The molecule has 3 rings (SSSR count). The topological polar surface area (TPSA) is 32.8 Å². The summed E-state index contributed by atoms with van der Waals surface area (Å²) in [4.78, 5) is 16.6. The van der Waals surface area contributed by atoms with Crippen molar-refractivity contribution in [3.8, 4) is 5.75 Å². The van der Waals surface area contributed by atoms with Crippen molar-refractivity contribution in [1.82, 2.24) is 9.80 Å². The molecule has 4 nitrogen and oxygen atoms in total. The lowest BCUT2D eigenvalue weighted by Crippen LogP contribution is -2.37. The highest BCUT2D eigenvalue weighted by molar-refractivity contribution is 9.10. The van der Waals surface area contributed by atoms with E-state index in [2.05, 4.69) is 52.0 Å². The van der Waals surface area contributed by atoms with Crippen LogP contribution >= 0.6 is 15.9 Å². The number of nitrogens with zero attached hydrogens (tertiary/aromatic N) is 2. The predicted molar refractivity (Wildman–Crippen MR) is 103 cm³/mol. The molecular weight excluding hydrogens is 380 g/mol. The Morgan fingerprint density at radius 1 is 1.00 bits per heavy atom. The van der Waals surface area contributed by atoms with E-state index in [-0.39, 0.29) is 6.09 Å². The molecule has 0 aromatic heterocycles. The van der Waals surface area contributed by atoms with Gasteiger partial charge in [-0.15, -0.1) is 0 Å². The molecule has 1 aliphatic rings. The van der Waals surface area contributed by atoms with Gasteiger partial charge in [0.1, 0.15) is 5.75 Å². The predicted octanol–water partition coefficient (Wildman–Crippen LogP) is 4.72. The molecule has 1 fully saturated rings. The minimum atomic E-state index is -0.260. The number of hydrogen-bond acceptors (Lipinski definition) is 3. The average Bonchev–Trinajstić information content (AvgIpc) is 2.89. The van der Waals surface area contributed by atoms with Gasteiger partial charge in [-0.2, -0.15) is 0 Å². The number of carbonyl (C=O) groups is 1. The molecule has 0 aliphatic carbocycles. The minimum absolute atomic E-state index is 0.260. The standard InChI is InChI=1S/C20H23BrN2O2/c1-16(17-8-10-18(21)11-9-17)22-12-5-13-23(15-14-22)20(24)25-19-6-3-2-4-7-19/h2-4,6-11,16H,5,12-15H2,1H3. The molecule has 5 heteroatoms. The van der Waals surface area contributed by atoms with Gasteiger partial charge < -0.3 is 9.64 Å². The number of halogens is 1. The molecule has 1 aliphatic heterocycles. The van der Waals surface area contributed by atoms with Crippen LogP contribution in [0.2, 0.25) is 0 Å². The lowest BCUT2D eigenvalue weighted by Gasteiger charge is -2.28. The van der Waals surface area contributed by atoms with E-state index >= 15 is 0 Å². The molecule has 1 unspecified atom stereocenters. The third-order valence-electron chi connectivity index (χ3n) is 4.64. The molecular formula is C20H23BrN2O2. The fraction of sp³-hybridized carbons (Fsp3) is 0.350. The third kappa shape index (κ3) is 4.83. The number of ether oxygens (including phenoxy) is 1. The smallest absolute Gasteiger partial charge is 0.410 e. The van der Waals surface area contributed by atoms with Crippen molar-refractivity contribution in [3.63, 3.8) is 0 Å². The van der Waals surface area contributed by atoms with Gasteiger partial charge in [0.15, 0.2) is 0 Å². The first-order valence-electron chi connectivity index (χ1n) is 8.65. The van der Waals surface area contributed by atoms with E-state index in [1.165, 1.54) is 5.56 Å². The van der Waals surface area contributed by atoms with Gasteiger partial charge in [0.2, 0.25) is 0 Å². The van der Waals surface area contributed by atoms with E-state index in [1.807, 2.05) is 18.2 Å². The molecule has 0 radical (unpaired) electrons. The Morgan fingerprint density at radius 3 is 2.44 bits per heavy atom. The quantitative estimate of drug-likeness (QED) is 0.744. The van der Waals surface area contributed by atoms with Crippen LogP contribution in [-0.4, -0.2) is 42.1 Å². The SMILES string of the molecule is CC(c1ccc(Br)cc1)N1CCCN(C(=O)Oc2ccccc2)CC1. The second-order valence-electron chi connectivity index (χ2n) is 6.29. The number of amides is 1. The average molecular weight is 403 g/mol. The van der Waals surface area contributed by atoms with Crippen LogP contribution < -0.4 is 4.74 Å². The zero-order valence-electron chi connectivity index (χ0n) is 14.4. The first-order chi connectivity index (χ1) is 12.1. The van der Waals surface area contributed by atoms with Crippen molar-refractivity contribution in [1.29, 1.82) is 0 Å². The van der Waals surface area contributed by atoms with Crippen LogP contribution in [-0.2, 0) is 0 Å². The van der Waals surface area contributed by atoms with Gasteiger partial charge in [0.25, 0.3) is 0 Å². The van der Waals surface area contributed by atoms with Crippen molar-refractivity contribution in [2.75, 3.05) is 26.2 Å². The molecule has 25 heavy (non-hydrogen) atoms. The van der Waals surface area contributed by atoms with Crippen molar-refractivity contribution in [3.05, 3.63) is 64.6 Å².